The minimum atomic E-state index is -4.45. The van der Waals surface area contributed by atoms with E-state index in [1.54, 1.807) is 0 Å². The summed E-state index contributed by atoms with van der Waals surface area (Å²) in [7, 11) is 0. The molecule has 2 aliphatic rings. The Kier molecular flexibility index (Phi) is 3.51. The number of hydrogen-bond acceptors (Lipinski definition) is 3. The first-order chi connectivity index (χ1) is 9.98. The molecule has 3 rings (SSSR count). The van der Waals surface area contributed by atoms with Crippen LogP contribution in [0.25, 0.3) is 0 Å². The van der Waals surface area contributed by atoms with E-state index in [-0.39, 0.29) is 23.5 Å². The van der Waals surface area contributed by atoms with Crippen molar-refractivity contribution in [1.29, 1.82) is 0 Å². The molecule has 1 aromatic rings. The third-order valence-corrected chi connectivity index (χ3v) is 4.47. The van der Waals surface area contributed by atoms with Crippen molar-refractivity contribution in [2.75, 3.05) is 19.8 Å². The average molecular weight is 301 g/mol. The van der Waals surface area contributed by atoms with Gasteiger partial charge in [-0.15, -0.1) is 0 Å². The van der Waals surface area contributed by atoms with Gasteiger partial charge in [0.25, 0.3) is 0 Å². The van der Waals surface area contributed by atoms with Gasteiger partial charge in [0.05, 0.1) is 13.2 Å². The monoisotopic (exact) mass is 301 g/mol. The highest BCUT2D eigenvalue weighted by Gasteiger charge is 2.44. The van der Waals surface area contributed by atoms with Crippen molar-refractivity contribution in [3.8, 4) is 11.5 Å². The molecule has 0 atom stereocenters. The topological polar surface area (TPSA) is 44.5 Å². The molecular weight excluding hydrogens is 283 g/mol. The number of fused-ring (bicyclic) bond motifs is 1. The molecule has 3 nitrogen and oxygen atoms in total. The Balaban J connectivity index is 2.15. The summed E-state index contributed by atoms with van der Waals surface area (Å²) in [6.07, 6.45) is -1.09. The molecule has 0 saturated heterocycles. The van der Waals surface area contributed by atoms with E-state index in [9.17, 15) is 13.2 Å². The van der Waals surface area contributed by atoms with E-state index in [2.05, 4.69) is 0 Å². The molecule has 1 aliphatic carbocycles. The highest BCUT2D eigenvalue weighted by Crippen LogP contribution is 2.52. The maximum absolute atomic E-state index is 13.2. The van der Waals surface area contributed by atoms with Crippen LogP contribution in [-0.4, -0.2) is 19.8 Å². The molecule has 1 heterocycles. The first-order valence-corrected chi connectivity index (χ1v) is 7.18. The summed E-state index contributed by atoms with van der Waals surface area (Å²) in [6, 6.07) is 2.61. The van der Waals surface area contributed by atoms with Crippen molar-refractivity contribution in [3.05, 3.63) is 23.3 Å². The summed E-state index contributed by atoms with van der Waals surface area (Å²) in [6.45, 7) is 1.01. The summed E-state index contributed by atoms with van der Waals surface area (Å²) in [5.74, 6) is 0.0738. The number of hydrogen-bond donors (Lipinski definition) is 1. The van der Waals surface area contributed by atoms with Gasteiger partial charge in [-0.1, -0.05) is 12.5 Å². The number of ether oxygens (including phenoxy) is 2. The zero-order valence-electron chi connectivity index (χ0n) is 11.6. The van der Waals surface area contributed by atoms with E-state index in [0.717, 1.165) is 30.9 Å². The van der Waals surface area contributed by atoms with Crippen LogP contribution in [-0.2, 0) is 11.6 Å². The van der Waals surface area contributed by atoms with Crippen molar-refractivity contribution < 1.29 is 22.6 Å². The molecule has 1 aromatic carbocycles. The fraction of sp³-hybridized carbons (Fsp3) is 0.600. The standard InChI is InChI=1S/C15H18F3NO2/c16-15(17,18)11-4-3-10(14(9-19)5-1-6-14)12-13(11)21-8-2-7-20-12/h3-4H,1-2,5-9,19H2. The van der Waals surface area contributed by atoms with Crippen LogP contribution in [0, 0.1) is 0 Å². The lowest BCUT2D eigenvalue weighted by Gasteiger charge is -2.42. The molecule has 116 valence electrons. The number of rotatable bonds is 2. The van der Waals surface area contributed by atoms with Crippen LogP contribution >= 0.6 is 0 Å². The first kappa shape index (κ1) is 14.5. The third-order valence-electron chi connectivity index (χ3n) is 4.47. The van der Waals surface area contributed by atoms with Crippen molar-refractivity contribution in [3.63, 3.8) is 0 Å². The Morgan fingerprint density at radius 3 is 2.24 bits per heavy atom. The summed E-state index contributed by atoms with van der Waals surface area (Å²) in [4.78, 5) is 0. The van der Waals surface area contributed by atoms with Gasteiger partial charge in [-0.2, -0.15) is 13.2 Å². The first-order valence-electron chi connectivity index (χ1n) is 7.18. The van der Waals surface area contributed by atoms with Crippen LogP contribution in [0.3, 0.4) is 0 Å². The van der Waals surface area contributed by atoms with E-state index in [4.69, 9.17) is 15.2 Å². The predicted molar refractivity (Wildman–Crippen MR) is 71.6 cm³/mol. The number of alkyl halides is 3. The quantitative estimate of drug-likeness (QED) is 0.912. The van der Waals surface area contributed by atoms with Crippen LogP contribution in [0.15, 0.2) is 12.1 Å². The van der Waals surface area contributed by atoms with Gasteiger partial charge < -0.3 is 15.2 Å². The second-order valence-electron chi connectivity index (χ2n) is 5.71. The minimum Gasteiger partial charge on any atom is -0.489 e. The maximum Gasteiger partial charge on any atom is 0.420 e. The lowest BCUT2D eigenvalue weighted by molar-refractivity contribution is -0.139. The van der Waals surface area contributed by atoms with E-state index < -0.39 is 11.7 Å². The number of halogens is 3. The molecule has 1 fully saturated rings. The molecular formula is C15H18F3NO2. The van der Waals surface area contributed by atoms with E-state index >= 15 is 0 Å². The summed E-state index contributed by atoms with van der Waals surface area (Å²) in [5.41, 5.74) is 5.61. The average Bonchev–Trinajstić information content (AvgIpc) is 2.62. The van der Waals surface area contributed by atoms with Gasteiger partial charge in [-0.05, 0) is 18.9 Å². The fourth-order valence-electron chi connectivity index (χ4n) is 3.08. The predicted octanol–water partition coefficient (Wildman–Crippen LogP) is 3.25. The minimum absolute atomic E-state index is 0.169. The Morgan fingerprint density at radius 2 is 1.71 bits per heavy atom. The second-order valence-corrected chi connectivity index (χ2v) is 5.71. The maximum atomic E-state index is 13.2. The molecule has 6 heteroatoms. The summed E-state index contributed by atoms with van der Waals surface area (Å²) < 4.78 is 50.5. The third kappa shape index (κ3) is 2.35. The zero-order valence-corrected chi connectivity index (χ0v) is 11.6. The van der Waals surface area contributed by atoms with Crippen LogP contribution in [0.4, 0.5) is 13.2 Å². The van der Waals surface area contributed by atoms with Crippen molar-refractivity contribution in [2.45, 2.75) is 37.3 Å². The van der Waals surface area contributed by atoms with Gasteiger partial charge >= 0.3 is 6.18 Å². The summed E-state index contributed by atoms with van der Waals surface area (Å²) >= 11 is 0. The van der Waals surface area contributed by atoms with Gasteiger partial charge in [-0.3, -0.25) is 0 Å². The van der Waals surface area contributed by atoms with E-state index in [1.165, 1.54) is 6.07 Å². The Hall–Kier alpha value is -1.43. The largest absolute Gasteiger partial charge is 0.489 e. The van der Waals surface area contributed by atoms with Gasteiger partial charge in [-0.25, -0.2) is 0 Å². The number of benzene rings is 1. The van der Waals surface area contributed by atoms with Gasteiger partial charge in [0.1, 0.15) is 5.56 Å². The van der Waals surface area contributed by atoms with E-state index in [1.807, 2.05) is 0 Å². The van der Waals surface area contributed by atoms with E-state index in [0.29, 0.717) is 19.6 Å². The van der Waals surface area contributed by atoms with Gasteiger partial charge in [0.2, 0.25) is 0 Å². The molecule has 0 aromatic heterocycles. The molecule has 0 amide bonds. The van der Waals surface area contributed by atoms with Crippen molar-refractivity contribution in [1.82, 2.24) is 0 Å². The van der Waals surface area contributed by atoms with Crippen molar-refractivity contribution in [2.24, 2.45) is 5.73 Å². The fourth-order valence-corrected chi connectivity index (χ4v) is 3.08. The number of nitrogens with two attached hydrogens (primary N) is 1. The Bertz CT molecular complexity index is 533. The highest BCUT2D eigenvalue weighted by atomic mass is 19.4. The molecule has 21 heavy (non-hydrogen) atoms. The molecule has 2 N–H and O–H groups in total. The lowest BCUT2D eigenvalue weighted by Crippen LogP contribution is -2.42. The summed E-state index contributed by atoms with van der Waals surface area (Å²) in [5, 5.41) is 0. The molecule has 0 spiro atoms. The highest BCUT2D eigenvalue weighted by molar-refractivity contribution is 5.56. The molecule has 0 radical (unpaired) electrons. The Morgan fingerprint density at radius 1 is 1.05 bits per heavy atom. The van der Waals surface area contributed by atoms with Crippen molar-refractivity contribution >= 4 is 0 Å². The normalized spacial score (nSPS) is 20.6. The zero-order chi connectivity index (χ0) is 15.1. The smallest absolute Gasteiger partial charge is 0.420 e. The second kappa shape index (κ2) is 5.09. The Labute approximate surface area is 121 Å². The molecule has 1 saturated carbocycles. The van der Waals surface area contributed by atoms with Gasteiger partial charge in [0.15, 0.2) is 11.5 Å². The molecule has 0 unspecified atom stereocenters. The van der Waals surface area contributed by atoms with Crippen LogP contribution < -0.4 is 15.2 Å². The molecule has 1 aliphatic heterocycles. The molecule has 0 bridgehead atoms. The SMILES string of the molecule is NCC1(c2ccc(C(F)(F)F)c3c2OCCCO3)CCC1. The van der Waals surface area contributed by atoms with Crippen LogP contribution in [0.1, 0.15) is 36.8 Å². The van der Waals surface area contributed by atoms with Crippen LogP contribution in [0.2, 0.25) is 0 Å². The van der Waals surface area contributed by atoms with Gasteiger partial charge in [0, 0.05) is 23.9 Å². The van der Waals surface area contributed by atoms with Crippen LogP contribution in [0.5, 0.6) is 11.5 Å². The lowest BCUT2D eigenvalue weighted by atomic mass is 9.64.